The van der Waals surface area contributed by atoms with E-state index in [1.807, 2.05) is 17.0 Å². The van der Waals surface area contributed by atoms with E-state index in [9.17, 15) is 4.79 Å². The first kappa shape index (κ1) is 12.0. The molecule has 0 spiro atoms. The topological polar surface area (TPSA) is 72.1 Å². The fourth-order valence-corrected chi connectivity index (χ4v) is 2.38. The Hall–Kier alpha value is -2.01. The highest BCUT2D eigenvalue weighted by atomic mass is 16.2. The van der Waals surface area contributed by atoms with Gasteiger partial charge in [0.25, 0.3) is 5.91 Å². The molecule has 2 N–H and O–H groups in total. The highest BCUT2D eigenvalue weighted by Crippen LogP contribution is 2.16. The van der Waals surface area contributed by atoms with E-state index in [1.165, 1.54) is 0 Å². The van der Waals surface area contributed by atoms with Crippen molar-refractivity contribution in [3.8, 4) is 0 Å². The molecule has 19 heavy (non-hydrogen) atoms. The van der Waals surface area contributed by atoms with Gasteiger partial charge in [-0.2, -0.15) is 0 Å². The third-order valence-electron chi connectivity index (χ3n) is 3.54. The van der Waals surface area contributed by atoms with Crippen LogP contribution in [0.2, 0.25) is 0 Å². The number of nitrogens with zero attached hydrogens (tertiary/aromatic N) is 3. The second-order valence-corrected chi connectivity index (χ2v) is 4.89. The van der Waals surface area contributed by atoms with Gasteiger partial charge in [0.2, 0.25) is 0 Å². The van der Waals surface area contributed by atoms with Gasteiger partial charge < -0.3 is 10.6 Å². The van der Waals surface area contributed by atoms with Crippen molar-refractivity contribution in [3.63, 3.8) is 0 Å². The van der Waals surface area contributed by atoms with E-state index in [-0.39, 0.29) is 11.9 Å². The Balaban J connectivity index is 1.85. The zero-order valence-electron chi connectivity index (χ0n) is 10.6. The molecule has 5 nitrogen and oxygen atoms in total. The Bertz CT molecular complexity index is 605. The Morgan fingerprint density at radius 2 is 1.84 bits per heavy atom. The maximum absolute atomic E-state index is 12.4. The van der Waals surface area contributed by atoms with Crippen LogP contribution in [0.5, 0.6) is 0 Å². The van der Waals surface area contributed by atoms with Gasteiger partial charge in [0.15, 0.2) is 0 Å². The van der Waals surface area contributed by atoms with Gasteiger partial charge in [-0.1, -0.05) is 0 Å². The predicted octanol–water partition coefficient (Wildman–Crippen LogP) is 1.19. The standard InChI is InChI=1S/C14H16N4O/c15-11-3-7-18(8-4-11)14(19)10-1-2-12-13(9-10)17-6-5-16-12/h1-2,5-6,9,11H,3-4,7-8,15H2. The van der Waals surface area contributed by atoms with Gasteiger partial charge in [0.1, 0.15) is 0 Å². The monoisotopic (exact) mass is 256 g/mol. The van der Waals surface area contributed by atoms with Crippen LogP contribution in [0.1, 0.15) is 23.2 Å². The number of hydrogen-bond acceptors (Lipinski definition) is 4. The summed E-state index contributed by atoms with van der Waals surface area (Å²) in [5.41, 5.74) is 8.08. The molecule has 1 aromatic carbocycles. The van der Waals surface area contributed by atoms with Gasteiger partial charge in [0.05, 0.1) is 11.0 Å². The molecule has 0 unspecified atom stereocenters. The summed E-state index contributed by atoms with van der Waals surface area (Å²) in [6.45, 7) is 1.47. The number of fused-ring (bicyclic) bond motifs is 1. The SMILES string of the molecule is NC1CCN(C(=O)c2ccc3nccnc3c2)CC1. The van der Waals surface area contributed by atoms with Crippen LogP contribution in [0, 0.1) is 0 Å². The van der Waals surface area contributed by atoms with E-state index < -0.39 is 0 Å². The zero-order chi connectivity index (χ0) is 13.2. The minimum absolute atomic E-state index is 0.0550. The summed E-state index contributed by atoms with van der Waals surface area (Å²) in [5.74, 6) is 0.0550. The van der Waals surface area contributed by atoms with Crippen LogP contribution in [0.3, 0.4) is 0 Å². The highest BCUT2D eigenvalue weighted by Gasteiger charge is 2.21. The van der Waals surface area contributed by atoms with Crippen LogP contribution < -0.4 is 5.73 Å². The van der Waals surface area contributed by atoms with Crippen molar-refractivity contribution in [2.75, 3.05) is 13.1 Å². The van der Waals surface area contributed by atoms with Gasteiger partial charge in [-0.05, 0) is 31.0 Å². The maximum atomic E-state index is 12.4. The molecule has 0 atom stereocenters. The minimum Gasteiger partial charge on any atom is -0.339 e. The summed E-state index contributed by atoms with van der Waals surface area (Å²) in [4.78, 5) is 22.7. The molecule has 2 heterocycles. The van der Waals surface area contributed by atoms with Gasteiger partial charge in [-0.3, -0.25) is 14.8 Å². The summed E-state index contributed by atoms with van der Waals surface area (Å²) < 4.78 is 0. The van der Waals surface area contributed by atoms with Crippen LogP contribution in [-0.2, 0) is 0 Å². The van der Waals surface area contributed by atoms with Gasteiger partial charge in [-0.25, -0.2) is 0 Å². The van der Waals surface area contributed by atoms with Crippen molar-refractivity contribution in [2.45, 2.75) is 18.9 Å². The average molecular weight is 256 g/mol. The number of nitrogens with two attached hydrogens (primary N) is 1. The number of amides is 1. The molecule has 0 bridgehead atoms. The third-order valence-corrected chi connectivity index (χ3v) is 3.54. The number of likely N-dealkylation sites (tertiary alicyclic amines) is 1. The van der Waals surface area contributed by atoms with E-state index in [0.29, 0.717) is 5.56 Å². The number of rotatable bonds is 1. The molecule has 0 radical (unpaired) electrons. The van der Waals surface area contributed by atoms with Crippen molar-refractivity contribution < 1.29 is 4.79 Å². The number of piperidine rings is 1. The lowest BCUT2D eigenvalue weighted by molar-refractivity contribution is 0.0715. The van der Waals surface area contributed by atoms with Gasteiger partial charge >= 0.3 is 0 Å². The fraction of sp³-hybridized carbons (Fsp3) is 0.357. The minimum atomic E-state index is 0.0550. The number of benzene rings is 1. The quantitative estimate of drug-likeness (QED) is 0.832. The largest absolute Gasteiger partial charge is 0.339 e. The molecule has 1 saturated heterocycles. The maximum Gasteiger partial charge on any atom is 0.253 e. The van der Waals surface area contributed by atoms with Crippen molar-refractivity contribution in [2.24, 2.45) is 5.73 Å². The van der Waals surface area contributed by atoms with Gasteiger partial charge in [-0.15, -0.1) is 0 Å². The number of carbonyl (C=O) groups is 1. The predicted molar refractivity (Wildman–Crippen MR) is 72.7 cm³/mol. The Morgan fingerprint density at radius 1 is 1.16 bits per heavy atom. The summed E-state index contributed by atoms with van der Waals surface area (Å²) in [7, 11) is 0. The van der Waals surface area contributed by atoms with E-state index in [0.717, 1.165) is 37.0 Å². The molecule has 1 aliphatic rings. The Morgan fingerprint density at radius 3 is 2.58 bits per heavy atom. The van der Waals surface area contributed by atoms with Crippen LogP contribution in [0.25, 0.3) is 11.0 Å². The van der Waals surface area contributed by atoms with Crippen LogP contribution in [0.15, 0.2) is 30.6 Å². The zero-order valence-corrected chi connectivity index (χ0v) is 10.6. The molecule has 3 rings (SSSR count). The number of carbonyl (C=O) groups excluding carboxylic acids is 1. The molecular weight excluding hydrogens is 240 g/mol. The van der Waals surface area contributed by atoms with E-state index in [2.05, 4.69) is 9.97 Å². The molecule has 5 heteroatoms. The normalized spacial score (nSPS) is 16.8. The number of aromatic nitrogens is 2. The molecule has 1 aromatic heterocycles. The lowest BCUT2D eigenvalue weighted by atomic mass is 10.0. The highest BCUT2D eigenvalue weighted by molar-refractivity contribution is 5.97. The first-order chi connectivity index (χ1) is 9.24. The van der Waals surface area contributed by atoms with Crippen LogP contribution in [-0.4, -0.2) is 39.9 Å². The van der Waals surface area contributed by atoms with Crippen LogP contribution >= 0.6 is 0 Å². The molecule has 1 amide bonds. The lowest BCUT2D eigenvalue weighted by Gasteiger charge is -2.30. The summed E-state index contributed by atoms with van der Waals surface area (Å²) in [6, 6.07) is 5.68. The third kappa shape index (κ3) is 2.42. The first-order valence-electron chi connectivity index (χ1n) is 6.49. The Labute approximate surface area is 111 Å². The molecule has 2 aromatic rings. The Kier molecular flexibility index (Phi) is 3.13. The molecule has 98 valence electrons. The molecular formula is C14H16N4O. The second kappa shape index (κ2) is 4.93. The molecule has 0 aliphatic carbocycles. The summed E-state index contributed by atoms with van der Waals surface area (Å²) in [5, 5.41) is 0. The molecule has 1 aliphatic heterocycles. The number of hydrogen-bond donors (Lipinski definition) is 1. The second-order valence-electron chi connectivity index (χ2n) is 4.89. The van der Waals surface area contributed by atoms with Crippen molar-refractivity contribution >= 4 is 16.9 Å². The van der Waals surface area contributed by atoms with Gasteiger partial charge in [0, 0.05) is 37.1 Å². The van der Waals surface area contributed by atoms with E-state index >= 15 is 0 Å². The van der Waals surface area contributed by atoms with Crippen molar-refractivity contribution in [1.29, 1.82) is 0 Å². The fourth-order valence-electron chi connectivity index (χ4n) is 2.38. The molecule has 0 saturated carbocycles. The van der Waals surface area contributed by atoms with E-state index in [1.54, 1.807) is 18.5 Å². The lowest BCUT2D eigenvalue weighted by Crippen LogP contribution is -2.42. The first-order valence-corrected chi connectivity index (χ1v) is 6.49. The van der Waals surface area contributed by atoms with Crippen molar-refractivity contribution in [3.05, 3.63) is 36.2 Å². The molecule has 1 fully saturated rings. The summed E-state index contributed by atoms with van der Waals surface area (Å²) >= 11 is 0. The summed E-state index contributed by atoms with van der Waals surface area (Å²) in [6.07, 6.45) is 5.03. The smallest absolute Gasteiger partial charge is 0.253 e. The van der Waals surface area contributed by atoms with Crippen LogP contribution in [0.4, 0.5) is 0 Å². The van der Waals surface area contributed by atoms with E-state index in [4.69, 9.17) is 5.73 Å². The van der Waals surface area contributed by atoms with Crippen molar-refractivity contribution in [1.82, 2.24) is 14.9 Å². The average Bonchev–Trinajstić information content (AvgIpc) is 2.47.